The molecule has 1 aromatic carbocycles. The summed E-state index contributed by atoms with van der Waals surface area (Å²) in [5, 5.41) is 10.6. The van der Waals surface area contributed by atoms with Gasteiger partial charge in [-0.25, -0.2) is 0 Å². The smallest absolute Gasteiger partial charge is 0.253 e. The number of benzene rings is 1. The molecule has 0 unspecified atom stereocenters. The largest absolute Gasteiger partial charge is 0.359 e. The quantitative estimate of drug-likeness (QED) is 0.340. The van der Waals surface area contributed by atoms with E-state index in [-0.39, 0.29) is 29.9 Å². The molecular weight excluding hydrogens is 493 g/mol. The molecule has 1 aliphatic rings. The van der Waals surface area contributed by atoms with Crippen molar-refractivity contribution in [1.82, 2.24) is 20.7 Å². The van der Waals surface area contributed by atoms with Gasteiger partial charge in [0.25, 0.3) is 5.91 Å². The van der Waals surface area contributed by atoms with Crippen molar-refractivity contribution in [2.75, 3.05) is 20.1 Å². The molecule has 0 aliphatic carbocycles. The van der Waals surface area contributed by atoms with Crippen molar-refractivity contribution in [2.24, 2.45) is 4.99 Å². The molecule has 2 aromatic rings. The number of halogens is 1. The Morgan fingerprint density at radius 2 is 1.80 bits per heavy atom. The molecule has 0 radical (unpaired) electrons. The van der Waals surface area contributed by atoms with Crippen LogP contribution in [0.25, 0.3) is 0 Å². The zero-order valence-corrected chi connectivity index (χ0v) is 20.3. The fourth-order valence-corrected chi connectivity index (χ4v) is 3.31. The number of aromatic nitrogens is 1. The summed E-state index contributed by atoms with van der Waals surface area (Å²) in [6, 6.07) is 9.76. The number of amides is 1. The summed E-state index contributed by atoms with van der Waals surface area (Å²) >= 11 is 0. The van der Waals surface area contributed by atoms with Gasteiger partial charge in [-0.1, -0.05) is 31.1 Å². The van der Waals surface area contributed by atoms with E-state index in [4.69, 9.17) is 4.52 Å². The maximum absolute atomic E-state index is 12.6. The third-order valence-electron chi connectivity index (χ3n) is 5.13. The monoisotopic (exact) mass is 525 g/mol. The summed E-state index contributed by atoms with van der Waals surface area (Å²) in [6.45, 7) is 7.04. The topological polar surface area (TPSA) is 82.8 Å². The highest BCUT2D eigenvalue weighted by atomic mass is 127. The molecule has 7 nitrogen and oxygen atoms in total. The third kappa shape index (κ3) is 6.72. The Kier molecular flexibility index (Phi) is 9.61. The average Bonchev–Trinajstić information content (AvgIpc) is 3.24. The Balaban J connectivity index is 0.00000320. The molecule has 30 heavy (non-hydrogen) atoms. The van der Waals surface area contributed by atoms with Crippen LogP contribution in [0.15, 0.2) is 39.8 Å². The van der Waals surface area contributed by atoms with E-state index < -0.39 is 0 Å². The van der Waals surface area contributed by atoms with Gasteiger partial charge >= 0.3 is 0 Å². The number of guanidine groups is 1. The SMILES string of the molecule is CN=C(NCc1ccc(C(=O)N2CCCCC2)cc1)NCc1cc(C(C)C)no1.I. The number of aliphatic imine (C=N–C) groups is 1. The second-order valence-electron chi connectivity index (χ2n) is 7.70. The first kappa shape index (κ1) is 24.2. The van der Waals surface area contributed by atoms with Crippen molar-refractivity contribution in [1.29, 1.82) is 0 Å². The molecule has 0 bridgehead atoms. The highest BCUT2D eigenvalue weighted by Gasteiger charge is 2.17. The molecule has 1 saturated heterocycles. The van der Waals surface area contributed by atoms with Crippen LogP contribution in [0.5, 0.6) is 0 Å². The van der Waals surface area contributed by atoms with E-state index in [1.807, 2.05) is 35.2 Å². The van der Waals surface area contributed by atoms with E-state index in [2.05, 4.69) is 34.6 Å². The van der Waals surface area contributed by atoms with Crippen LogP contribution in [0.2, 0.25) is 0 Å². The van der Waals surface area contributed by atoms with Crippen LogP contribution in [0.4, 0.5) is 0 Å². The molecule has 3 rings (SSSR count). The number of nitrogens with one attached hydrogen (secondary N) is 2. The molecule has 1 aromatic heterocycles. The molecular formula is C22H32IN5O2. The van der Waals surface area contributed by atoms with Gasteiger partial charge in [-0.2, -0.15) is 0 Å². The Labute approximate surface area is 195 Å². The van der Waals surface area contributed by atoms with Crippen LogP contribution in [0, 0.1) is 0 Å². The minimum atomic E-state index is 0. The maximum atomic E-state index is 12.6. The summed E-state index contributed by atoms with van der Waals surface area (Å²) in [4.78, 5) is 18.7. The number of carbonyl (C=O) groups is 1. The Bertz CT molecular complexity index is 826. The molecule has 1 fully saturated rings. The lowest BCUT2D eigenvalue weighted by Gasteiger charge is -2.26. The lowest BCUT2D eigenvalue weighted by molar-refractivity contribution is 0.0724. The number of rotatable bonds is 6. The first-order chi connectivity index (χ1) is 14.1. The molecule has 8 heteroatoms. The van der Waals surface area contributed by atoms with Crippen molar-refractivity contribution in [3.63, 3.8) is 0 Å². The normalized spacial score (nSPS) is 14.4. The van der Waals surface area contributed by atoms with Gasteiger partial charge in [-0.05, 0) is 42.9 Å². The highest BCUT2D eigenvalue weighted by molar-refractivity contribution is 14.0. The Morgan fingerprint density at radius 1 is 1.13 bits per heavy atom. The molecule has 1 amide bonds. The summed E-state index contributed by atoms with van der Waals surface area (Å²) in [6.07, 6.45) is 3.43. The van der Waals surface area contributed by atoms with Crippen LogP contribution in [-0.2, 0) is 13.1 Å². The van der Waals surface area contributed by atoms with Gasteiger partial charge in [0.05, 0.1) is 12.2 Å². The number of hydrogen-bond donors (Lipinski definition) is 2. The number of nitrogens with zero attached hydrogens (tertiary/aromatic N) is 3. The molecule has 2 heterocycles. The van der Waals surface area contributed by atoms with Gasteiger partial charge < -0.3 is 20.1 Å². The standard InChI is InChI=1S/C22H31N5O2.HI/c1-16(2)20-13-19(29-26-20)15-25-22(23-3)24-14-17-7-9-18(10-8-17)21(28)27-11-5-4-6-12-27;/h7-10,13,16H,4-6,11-12,14-15H2,1-3H3,(H2,23,24,25);1H. The molecule has 0 saturated carbocycles. The zero-order valence-electron chi connectivity index (χ0n) is 18.0. The van der Waals surface area contributed by atoms with Crippen LogP contribution >= 0.6 is 24.0 Å². The summed E-state index contributed by atoms with van der Waals surface area (Å²) in [5.74, 6) is 1.93. The number of carbonyl (C=O) groups excluding carboxylic acids is 1. The predicted molar refractivity (Wildman–Crippen MR) is 129 cm³/mol. The summed E-state index contributed by atoms with van der Waals surface area (Å²) in [5.41, 5.74) is 2.79. The average molecular weight is 525 g/mol. The minimum absolute atomic E-state index is 0. The van der Waals surface area contributed by atoms with Crippen molar-refractivity contribution < 1.29 is 9.32 Å². The Hall–Kier alpha value is -2.10. The van der Waals surface area contributed by atoms with Crippen molar-refractivity contribution in [3.05, 3.63) is 52.9 Å². The van der Waals surface area contributed by atoms with Gasteiger partial charge in [0, 0.05) is 38.3 Å². The summed E-state index contributed by atoms with van der Waals surface area (Å²) < 4.78 is 5.34. The maximum Gasteiger partial charge on any atom is 0.253 e. The van der Waals surface area contributed by atoms with E-state index in [1.165, 1.54) is 6.42 Å². The third-order valence-corrected chi connectivity index (χ3v) is 5.13. The molecule has 1 aliphatic heterocycles. The second kappa shape index (κ2) is 11.9. The van der Waals surface area contributed by atoms with Crippen LogP contribution in [-0.4, -0.2) is 42.1 Å². The van der Waals surface area contributed by atoms with E-state index in [9.17, 15) is 4.79 Å². The molecule has 0 spiro atoms. The lowest BCUT2D eigenvalue weighted by atomic mass is 10.1. The van der Waals surface area contributed by atoms with Crippen molar-refractivity contribution >= 4 is 35.8 Å². The summed E-state index contributed by atoms with van der Waals surface area (Å²) in [7, 11) is 1.73. The first-order valence-corrected chi connectivity index (χ1v) is 10.3. The predicted octanol–water partition coefficient (Wildman–Crippen LogP) is 3.91. The van der Waals surface area contributed by atoms with E-state index in [0.717, 1.165) is 48.5 Å². The van der Waals surface area contributed by atoms with Gasteiger partial charge in [-0.3, -0.25) is 9.79 Å². The van der Waals surface area contributed by atoms with Crippen molar-refractivity contribution in [3.8, 4) is 0 Å². The first-order valence-electron chi connectivity index (χ1n) is 10.3. The van der Waals surface area contributed by atoms with Gasteiger partial charge in [0.15, 0.2) is 11.7 Å². The number of likely N-dealkylation sites (tertiary alicyclic amines) is 1. The van der Waals surface area contributed by atoms with Gasteiger partial charge in [-0.15, -0.1) is 24.0 Å². The minimum Gasteiger partial charge on any atom is -0.359 e. The second-order valence-corrected chi connectivity index (χ2v) is 7.70. The molecule has 164 valence electrons. The zero-order chi connectivity index (χ0) is 20.6. The number of piperidine rings is 1. The van der Waals surface area contributed by atoms with E-state index in [1.54, 1.807) is 7.05 Å². The van der Waals surface area contributed by atoms with E-state index in [0.29, 0.717) is 25.0 Å². The van der Waals surface area contributed by atoms with Crippen molar-refractivity contribution in [2.45, 2.75) is 52.1 Å². The fraction of sp³-hybridized carbons (Fsp3) is 0.500. The van der Waals surface area contributed by atoms with Crippen LogP contribution < -0.4 is 10.6 Å². The lowest BCUT2D eigenvalue weighted by Crippen LogP contribution is -2.36. The number of hydrogen-bond acceptors (Lipinski definition) is 4. The Morgan fingerprint density at radius 3 is 2.40 bits per heavy atom. The van der Waals surface area contributed by atoms with Gasteiger partial charge in [0.1, 0.15) is 0 Å². The van der Waals surface area contributed by atoms with Crippen LogP contribution in [0.1, 0.15) is 66.4 Å². The molecule has 0 atom stereocenters. The highest BCUT2D eigenvalue weighted by Crippen LogP contribution is 2.15. The van der Waals surface area contributed by atoms with Crippen LogP contribution in [0.3, 0.4) is 0 Å². The fourth-order valence-electron chi connectivity index (χ4n) is 3.31. The van der Waals surface area contributed by atoms with Gasteiger partial charge in [0.2, 0.25) is 0 Å². The van der Waals surface area contributed by atoms with E-state index >= 15 is 0 Å². The molecule has 2 N–H and O–H groups in total.